The van der Waals surface area contributed by atoms with Crippen LogP contribution in [0.5, 0.6) is 0 Å². The molecule has 106 valence electrons. The Balaban J connectivity index is 3.19. The lowest BCUT2D eigenvalue weighted by atomic mass is 10.4. The van der Waals surface area contributed by atoms with Crippen LogP contribution >= 0.6 is 0 Å². The fraction of sp³-hybridized carbons (Fsp3) is 0.667. The van der Waals surface area contributed by atoms with Gasteiger partial charge in [0.25, 0.3) is 10.0 Å². The first-order chi connectivity index (χ1) is 8.84. The second kappa shape index (κ2) is 6.17. The van der Waals surface area contributed by atoms with Crippen molar-refractivity contribution in [1.82, 2.24) is 13.9 Å². The van der Waals surface area contributed by atoms with Crippen molar-refractivity contribution in [3.63, 3.8) is 0 Å². The van der Waals surface area contributed by atoms with Crippen LogP contribution in [0.1, 0.15) is 33.0 Å². The number of aryl methyl sites for hydroxylation is 2. The summed E-state index contributed by atoms with van der Waals surface area (Å²) in [4.78, 5) is 4.11. The third-order valence-electron chi connectivity index (χ3n) is 2.79. The molecule has 1 aromatic rings. The van der Waals surface area contributed by atoms with Crippen LogP contribution < -0.4 is 0 Å². The summed E-state index contributed by atoms with van der Waals surface area (Å²) < 4.78 is 27.8. The third-order valence-corrected chi connectivity index (χ3v) is 4.69. The van der Waals surface area contributed by atoms with Crippen LogP contribution in [-0.2, 0) is 16.6 Å². The maximum absolute atomic E-state index is 12.4. The zero-order valence-corrected chi connectivity index (χ0v) is 12.6. The summed E-state index contributed by atoms with van der Waals surface area (Å²) in [5, 5.41) is 8.77. The third kappa shape index (κ3) is 3.33. The molecule has 6 nitrogen and oxygen atoms in total. The molecule has 0 saturated carbocycles. The SMILES string of the molecule is CCCn1cc(S(=O)(=O)N(CC#N)C(C)C)nc1C. The van der Waals surface area contributed by atoms with Gasteiger partial charge in [0.15, 0.2) is 5.03 Å². The molecule has 0 unspecified atom stereocenters. The van der Waals surface area contributed by atoms with E-state index in [2.05, 4.69) is 4.98 Å². The molecule has 1 rings (SSSR count). The topological polar surface area (TPSA) is 79.0 Å². The molecule has 0 radical (unpaired) electrons. The van der Waals surface area contributed by atoms with Gasteiger partial charge >= 0.3 is 0 Å². The number of sulfonamides is 1. The molecule has 0 saturated heterocycles. The quantitative estimate of drug-likeness (QED) is 0.742. The van der Waals surface area contributed by atoms with Crippen LogP contribution in [0.2, 0.25) is 0 Å². The summed E-state index contributed by atoms with van der Waals surface area (Å²) in [7, 11) is -3.70. The van der Waals surface area contributed by atoms with Gasteiger partial charge < -0.3 is 4.57 Å². The molecular weight excluding hydrogens is 264 g/mol. The molecule has 0 fully saturated rings. The van der Waals surface area contributed by atoms with Gasteiger partial charge in [0.05, 0.1) is 6.07 Å². The van der Waals surface area contributed by atoms with Crippen LogP contribution in [0, 0.1) is 18.3 Å². The minimum absolute atomic E-state index is 0.0161. The Labute approximate surface area is 114 Å². The highest BCUT2D eigenvalue weighted by Crippen LogP contribution is 2.17. The smallest absolute Gasteiger partial charge is 0.263 e. The van der Waals surface area contributed by atoms with Crippen LogP contribution in [-0.4, -0.2) is 34.9 Å². The molecule has 7 heteroatoms. The Morgan fingerprint density at radius 3 is 2.63 bits per heavy atom. The van der Waals surface area contributed by atoms with Gasteiger partial charge in [0.1, 0.15) is 12.4 Å². The fourth-order valence-electron chi connectivity index (χ4n) is 1.81. The standard InChI is InChI=1S/C12H20N4O2S/c1-5-7-15-9-12(14-11(15)4)19(17,18)16(8-6-13)10(2)3/h9-10H,5,7-8H2,1-4H3. The normalized spacial score (nSPS) is 12.1. The second-order valence-electron chi connectivity index (χ2n) is 4.62. The zero-order chi connectivity index (χ0) is 14.6. The van der Waals surface area contributed by atoms with Gasteiger partial charge in [-0.05, 0) is 27.2 Å². The predicted octanol–water partition coefficient (Wildman–Crippen LogP) is 1.52. The van der Waals surface area contributed by atoms with Gasteiger partial charge in [-0.3, -0.25) is 0 Å². The lowest BCUT2D eigenvalue weighted by molar-refractivity contribution is 0.384. The summed E-state index contributed by atoms with van der Waals surface area (Å²) in [6.07, 6.45) is 2.45. The van der Waals surface area contributed by atoms with Gasteiger partial charge in [0, 0.05) is 18.8 Å². The molecule has 0 N–H and O–H groups in total. The van der Waals surface area contributed by atoms with E-state index in [9.17, 15) is 8.42 Å². The van der Waals surface area contributed by atoms with E-state index >= 15 is 0 Å². The maximum atomic E-state index is 12.4. The van der Waals surface area contributed by atoms with Crippen LogP contribution in [0.15, 0.2) is 11.2 Å². The second-order valence-corrected chi connectivity index (χ2v) is 6.46. The molecule has 1 aromatic heterocycles. The average Bonchev–Trinajstić information content (AvgIpc) is 2.68. The van der Waals surface area contributed by atoms with Crippen molar-refractivity contribution in [1.29, 1.82) is 5.26 Å². The lowest BCUT2D eigenvalue weighted by Crippen LogP contribution is -2.37. The number of hydrogen-bond donors (Lipinski definition) is 0. The van der Waals surface area contributed by atoms with Crippen molar-refractivity contribution < 1.29 is 8.42 Å². The fourth-order valence-corrected chi connectivity index (χ4v) is 3.34. The van der Waals surface area contributed by atoms with Crippen molar-refractivity contribution in [3.8, 4) is 6.07 Å². The van der Waals surface area contributed by atoms with Gasteiger partial charge in [0.2, 0.25) is 0 Å². The Morgan fingerprint density at radius 1 is 1.53 bits per heavy atom. The molecule has 0 atom stereocenters. The maximum Gasteiger partial charge on any atom is 0.263 e. The zero-order valence-electron chi connectivity index (χ0n) is 11.8. The monoisotopic (exact) mass is 284 g/mol. The van der Waals surface area contributed by atoms with Crippen molar-refractivity contribution in [3.05, 3.63) is 12.0 Å². The Kier molecular flexibility index (Phi) is 5.09. The number of nitrogens with zero attached hydrogens (tertiary/aromatic N) is 4. The van der Waals surface area contributed by atoms with E-state index in [4.69, 9.17) is 5.26 Å². The highest BCUT2D eigenvalue weighted by molar-refractivity contribution is 7.89. The van der Waals surface area contributed by atoms with Gasteiger partial charge in [-0.1, -0.05) is 6.92 Å². The number of nitriles is 1. The lowest BCUT2D eigenvalue weighted by Gasteiger charge is -2.21. The summed E-state index contributed by atoms with van der Waals surface area (Å²) in [6, 6.07) is 1.61. The molecule has 0 spiro atoms. The molecular formula is C12H20N4O2S. The minimum atomic E-state index is -3.70. The van der Waals surface area contributed by atoms with E-state index in [1.54, 1.807) is 27.0 Å². The van der Waals surface area contributed by atoms with E-state index in [0.29, 0.717) is 5.82 Å². The first-order valence-electron chi connectivity index (χ1n) is 6.27. The van der Waals surface area contributed by atoms with E-state index < -0.39 is 10.0 Å². The van der Waals surface area contributed by atoms with Crippen molar-refractivity contribution in [2.24, 2.45) is 0 Å². The largest absolute Gasteiger partial charge is 0.334 e. The number of imidazole rings is 1. The van der Waals surface area contributed by atoms with Crippen LogP contribution in [0.25, 0.3) is 0 Å². The molecule has 0 amide bonds. The van der Waals surface area contributed by atoms with E-state index in [1.165, 1.54) is 0 Å². The van der Waals surface area contributed by atoms with Crippen LogP contribution in [0.3, 0.4) is 0 Å². The first-order valence-corrected chi connectivity index (χ1v) is 7.71. The van der Waals surface area contributed by atoms with Crippen molar-refractivity contribution in [2.45, 2.75) is 51.7 Å². The van der Waals surface area contributed by atoms with Crippen LogP contribution in [0.4, 0.5) is 0 Å². The van der Waals surface area contributed by atoms with Gasteiger partial charge in [-0.15, -0.1) is 0 Å². The number of aromatic nitrogens is 2. The molecule has 0 aromatic carbocycles. The predicted molar refractivity (Wildman–Crippen MR) is 71.9 cm³/mol. The van der Waals surface area contributed by atoms with Crippen molar-refractivity contribution >= 4 is 10.0 Å². The van der Waals surface area contributed by atoms with E-state index in [1.807, 2.05) is 17.6 Å². The Bertz CT molecular complexity index is 569. The molecule has 19 heavy (non-hydrogen) atoms. The minimum Gasteiger partial charge on any atom is -0.334 e. The summed E-state index contributed by atoms with van der Waals surface area (Å²) in [5.41, 5.74) is 0. The Morgan fingerprint density at radius 2 is 2.16 bits per heavy atom. The molecule has 0 aliphatic carbocycles. The summed E-state index contributed by atoms with van der Waals surface area (Å²) in [5.74, 6) is 0.668. The van der Waals surface area contributed by atoms with Gasteiger partial charge in [-0.25, -0.2) is 13.4 Å². The highest BCUT2D eigenvalue weighted by Gasteiger charge is 2.29. The Hall–Kier alpha value is -1.39. The molecule has 0 aliphatic heterocycles. The van der Waals surface area contributed by atoms with E-state index in [0.717, 1.165) is 17.3 Å². The first kappa shape index (κ1) is 15.7. The number of hydrogen-bond acceptors (Lipinski definition) is 4. The number of rotatable bonds is 6. The summed E-state index contributed by atoms with van der Waals surface area (Å²) in [6.45, 7) is 7.84. The molecule has 1 heterocycles. The molecule has 0 bridgehead atoms. The van der Waals surface area contributed by atoms with E-state index in [-0.39, 0.29) is 17.6 Å². The highest BCUT2D eigenvalue weighted by atomic mass is 32.2. The average molecular weight is 284 g/mol. The summed E-state index contributed by atoms with van der Waals surface area (Å²) >= 11 is 0. The van der Waals surface area contributed by atoms with Crippen molar-refractivity contribution in [2.75, 3.05) is 6.54 Å². The molecule has 0 aliphatic rings. The van der Waals surface area contributed by atoms with Gasteiger partial charge in [-0.2, -0.15) is 9.57 Å².